The lowest BCUT2D eigenvalue weighted by Crippen LogP contribution is -2.15. The number of aromatic nitrogens is 2. The standard InChI is InChI=1S/C22H22F3N4OP/c1-12-16(7-6-8-18(12)22(23,24)25)13(2)27-21-17-10-20(31(4,5)30)15(11-26)9-19(17)28-14(3)29-21/h6-10,13H,1-5H3,(H,27,28,29)/t13-/m1/s1. The van der Waals surface area contributed by atoms with Crippen LogP contribution < -0.4 is 10.6 Å². The predicted octanol–water partition coefficient (Wildman–Crippen LogP) is 5.56. The van der Waals surface area contributed by atoms with Gasteiger partial charge in [0.2, 0.25) is 0 Å². The number of alkyl halides is 3. The molecule has 0 bridgehead atoms. The van der Waals surface area contributed by atoms with Gasteiger partial charge in [-0.1, -0.05) is 12.1 Å². The van der Waals surface area contributed by atoms with Gasteiger partial charge < -0.3 is 9.88 Å². The maximum absolute atomic E-state index is 13.3. The number of halogens is 3. The minimum Gasteiger partial charge on any atom is -0.363 e. The Kier molecular flexibility index (Phi) is 5.86. The monoisotopic (exact) mass is 446 g/mol. The average molecular weight is 446 g/mol. The Balaban J connectivity index is 2.14. The summed E-state index contributed by atoms with van der Waals surface area (Å²) in [5, 5.41) is 13.6. The molecule has 0 radical (unpaired) electrons. The third-order valence-electron chi connectivity index (χ3n) is 5.13. The van der Waals surface area contributed by atoms with Crippen molar-refractivity contribution in [2.24, 2.45) is 0 Å². The first kappa shape index (κ1) is 22.8. The van der Waals surface area contributed by atoms with E-state index >= 15 is 0 Å². The third-order valence-corrected chi connectivity index (χ3v) is 6.66. The first-order valence-electron chi connectivity index (χ1n) is 9.54. The number of aryl methyl sites for hydroxylation is 1. The fourth-order valence-corrected chi connectivity index (χ4v) is 4.77. The molecule has 0 aliphatic heterocycles. The number of rotatable bonds is 4. The van der Waals surface area contributed by atoms with Gasteiger partial charge in [0.1, 0.15) is 18.8 Å². The number of hydrogen-bond donors (Lipinski definition) is 1. The molecule has 1 N–H and O–H groups in total. The summed E-state index contributed by atoms with van der Waals surface area (Å²) in [6.07, 6.45) is -4.44. The highest BCUT2D eigenvalue weighted by molar-refractivity contribution is 7.70. The lowest BCUT2D eigenvalue weighted by Gasteiger charge is -2.21. The Labute approximate surface area is 178 Å². The van der Waals surface area contributed by atoms with E-state index in [4.69, 9.17) is 0 Å². The molecule has 0 saturated carbocycles. The number of nitrogens with zero attached hydrogens (tertiary/aromatic N) is 3. The van der Waals surface area contributed by atoms with Gasteiger partial charge in [-0.3, -0.25) is 0 Å². The number of benzene rings is 2. The molecule has 0 amide bonds. The Morgan fingerprint density at radius 1 is 1.16 bits per heavy atom. The molecule has 0 saturated heterocycles. The van der Waals surface area contributed by atoms with Crippen LogP contribution in [-0.4, -0.2) is 23.3 Å². The van der Waals surface area contributed by atoms with Crippen LogP contribution in [0.3, 0.4) is 0 Å². The lowest BCUT2D eigenvalue weighted by atomic mass is 9.97. The predicted molar refractivity (Wildman–Crippen MR) is 116 cm³/mol. The molecule has 0 fully saturated rings. The summed E-state index contributed by atoms with van der Waals surface area (Å²) >= 11 is 0. The van der Waals surface area contributed by atoms with Crippen molar-refractivity contribution in [1.82, 2.24) is 9.97 Å². The summed E-state index contributed by atoms with van der Waals surface area (Å²) in [6.45, 7) is 8.04. The largest absolute Gasteiger partial charge is 0.416 e. The van der Waals surface area contributed by atoms with Crippen LogP contribution in [0.1, 0.15) is 41.0 Å². The van der Waals surface area contributed by atoms with Crippen LogP contribution in [0.25, 0.3) is 10.9 Å². The van der Waals surface area contributed by atoms with Crippen molar-refractivity contribution in [2.45, 2.75) is 33.0 Å². The summed E-state index contributed by atoms with van der Waals surface area (Å²) in [4.78, 5) is 8.80. The van der Waals surface area contributed by atoms with Crippen molar-refractivity contribution >= 4 is 29.2 Å². The second kappa shape index (κ2) is 7.97. The van der Waals surface area contributed by atoms with Gasteiger partial charge in [0.05, 0.1) is 28.8 Å². The number of nitrogens with one attached hydrogen (secondary N) is 1. The summed E-state index contributed by atoms with van der Waals surface area (Å²) < 4.78 is 52.7. The summed E-state index contributed by atoms with van der Waals surface area (Å²) in [5.41, 5.74) is 0.735. The van der Waals surface area contributed by atoms with E-state index in [2.05, 4.69) is 21.4 Å². The number of fused-ring (bicyclic) bond motifs is 1. The molecular formula is C22H22F3N4OP. The molecule has 162 valence electrons. The van der Waals surface area contributed by atoms with E-state index in [9.17, 15) is 23.0 Å². The topological polar surface area (TPSA) is 78.7 Å². The van der Waals surface area contributed by atoms with Gasteiger partial charge in [-0.2, -0.15) is 18.4 Å². The molecule has 31 heavy (non-hydrogen) atoms. The van der Waals surface area contributed by atoms with E-state index in [1.807, 2.05) is 0 Å². The average Bonchev–Trinajstić information content (AvgIpc) is 2.65. The Morgan fingerprint density at radius 2 is 1.84 bits per heavy atom. The van der Waals surface area contributed by atoms with E-state index in [0.29, 0.717) is 33.4 Å². The fourth-order valence-electron chi connectivity index (χ4n) is 3.64. The molecule has 1 atom stereocenters. The van der Waals surface area contributed by atoms with Crippen LogP contribution in [0.5, 0.6) is 0 Å². The number of nitriles is 1. The molecule has 0 spiro atoms. The van der Waals surface area contributed by atoms with Crippen molar-refractivity contribution < 1.29 is 17.7 Å². The molecule has 1 heterocycles. The maximum Gasteiger partial charge on any atom is 0.416 e. The van der Waals surface area contributed by atoms with Crippen LogP contribution in [0.15, 0.2) is 30.3 Å². The lowest BCUT2D eigenvalue weighted by molar-refractivity contribution is -0.138. The second-order valence-corrected chi connectivity index (χ2v) is 11.0. The first-order valence-corrected chi connectivity index (χ1v) is 12.1. The van der Waals surface area contributed by atoms with Crippen molar-refractivity contribution in [2.75, 3.05) is 18.6 Å². The summed E-state index contributed by atoms with van der Waals surface area (Å²) in [5.74, 6) is 0.849. The molecule has 9 heteroatoms. The van der Waals surface area contributed by atoms with Gasteiger partial charge >= 0.3 is 6.18 Å². The Hall–Kier alpha value is -2.91. The highest BCUT2D eigenvalue weighted by atomic mass is 31.2. The summed E-state index contributed by atoms with van der Waals surface area (Å²) in [7, 11) is -2.76. The van der Waals surface area contributed by atoms with Crippen molar-refractivity contribution in [3.63, 3.8) is 0 Å². The minimum atomic E-state index is -4.44. The van der Waals surface area contributed by atoms with Gasteiger partial charge in [0.15, 0.2) is 0 Å². The van der Waals surface area contributed by atoms with E-state index in [1.54, 1.807) is 45.4 Å². The smallest absolute Gasteiger partial charge is 0.363 e. The van der Waals surface area contributed by atoms with E-state index in [-0.39, 0.29) is 11.1 Å². The number of anilines is 1. The SMILES string of the molecule is Cc1nc(N[C@H](C)c2cccc(C(F)(F)F)c2C)c2cc(P(C)(C)=O)c(C#N)cc2n1. The third kappa shape index (κ3) is 4.57. The minimum absolute atomic E-state index is 0.143. The Bertz CT molecular complexity index is 1260. The molecule has 3 rings (SSSR count). The molecule has 1 aromatic heterocycles. The summed E-state index contributed by atoms with van der Waals surface area (Å²) in [6, 6.07) is 8.88. The molecular weight excluding hydrogens is 424 g/mol. The van der Waals surface area contributed by atoms with Gasteiger partial charge in [-0.05, 0) is 63.4 Å². The first-order chi connectivity index (χ1) is 14.3. The van der Waals surface area contributed by atoms with Crippen molar-refractivity contribution in [3.8, 4) is 6.07 Å². The fraction of sp³-hybridized carbons (Fsp3) is 0.318. The van der Waals surface area contributed by atoms with Gasteiger partial charge in [0, 0.05) is 10.7 Å². The Morgan fingerprint density at radius 3 is 2.42 bits per heavy atom. The molecule has 0 unspecified atom stereocenters. The zero-order valence-electron chi connectivity index (χ0n) is 17.8. The van der Waals surface area contributed by atoms with E-state index in [0.717, 1.165) is 6.07 Å². The van der Waals surface area contributed by atoms with Gasteiger partial charge in [-0.25, -0.2) is 9.97 Å². The highest BCUT2D eigenvalue weighted by Crippen LogP contribution is 2.39. The molecule has 0 aliphatic carbocycles. The zero-order valence-corrected chi connectivity index (χ0v) is 18.7. The van der Waals surface area contributed by atoms with Gasteiger partial charge in [0.25, 0.3) is 0 Å². The van der Waals surface area contributed by atoms with Crippen LogP contribution in [-0.2, 0) is 10.7 Å². The van der Waals surface area contributed by atoms with Crippen molar-refractivity contribution in [1.29, 1.82) is 5.26 Å². The second-order valence-electron chi connectivity index (χ2n) is 7.85. The number of hydrogen-bond acceptors (Lipinski definition) is 5. The molecule has 3 aromatic rings. The highest BCUT2D eigenvalue weighted by Gasteiger charge is 2.33. The van der Waals surface area contributed by atoms with Crippen LogP contribution >= 0.6 is 7.14 Å². The molecule has 5 nitrogen and oxygen atoms in total. The van der Waals surface area contributed by atoms with Crippen molar-refractivity contribution in [3.05, 3.63) is 58.4 Å². The van der Waals surface area contributed by atoms with Crippen LogP contribution in [0.2, 0.25) is 0 Å². The quantitative estimate of drug-likeness (QED) is 0.531. The van der Waals surface area contributed by atoms with E-state index < -0.39 is 24.9 Å². The maximum atomic E-state index is 13.3. The van der Waals surface area contributed by atoms with Crippen LogP contribution in [0.4, 0.5) is 19.0 Å². The van der Waals surface area contributed by atoms with Gasteiger partial charge in [-0.15, -0.1) is 0 Å². The molecule has 2 aromatic carbocycles. The zero-order chi connectivity index (χ0) is 23.1. The van der Waals surface area contributed by atoms with Crippen LogP contribution in [0, 0.1) is 25.2 Å². The molecule has 0 aliphatic rings. The normalized spacial score (nSPS) is 13.1. The van der Waals surface area contributed by atoms with E-state index in [1.165, 1.54) is 13.0 Å².